The van der Waals surface area contributed by atoms with E-state index in [1.807, 2.05) is 13.8 Å². The molecule has 0 aliphatic carbocycles. The number of carbonyl (C=O) groups is 1. The summed E-state index contributed by atoms with van der Waals surface area (Å²) < 4.78 is 0. The molecule has 1 aromatic rings. The van der Waals surface area contributed by atoms with Crippen LogP contribution < -0.4 is 0 Å². The van der Waals surface area contributed by atoms with Gasteiger partial charge in [-0.15, -0.1) is 0 Å². The number of carboxylic acid groups (broad SMARTS) is 1. The smallest absolute Gasteiger partial charge is 0.338 e. The van der Waals surface area contributed by atoms with Crippen LogP contribution in [-0.4, -0.2) is 32.5 Å². The zero-order valence-electron chi connectivity index (χ0n) is 10.4. The van der Waals surface area contributed by atoms with Crippen molar-refractivity contribution < 1.29 is 15.0 Å². The number of aromatic nitrogens is 1. The highest BCUT2D eigenvalue weighted by molar-refractivity contribution is 8.00. The van der Waals surface area contributed by atoms with Crippen LogP contribution in [-0.2, 0) is 0 Å². The Kier molecular flexibility index (Phi) is 4.54. The minimum Gasteiger partial charge on any atom is -0.478 e. The highest BCUT2D eigenvalue weighted by atomic mass is 32.2. The zero-order chi connectivity index (χ0) is 13.2. The van der Waals surface area contributed by atoms with Crippen LogP contribution in [0.2, 0.25) is 0 Å². The van der Waals surface area contributed by atoms with Crippen molar-refractivity contribution >= 4 is 17.7 Å². The molecule has 1 aromatic heterocycles. The van der Waals surface area contributed by atoms with E-state index in [0.717, 1.165) is 5.69 Å². The molecule has 17 heavy (non-hydrogen) atoms. The Hall–Kier alpha value is -1.07. The highest BCUT2D eigenvalue weighted by Gasteiger charge is 2.20. The van der Waals surface area contributed by atoms with Gasteiger partial charge >= 0.3 is 5.97 Å². The third-order valence-electron chi connectivity index (χ3n) is 2.50. The van der Waals surface area contributed by atoms with Crippen LogP contribution in [0.4, 0.5) is 0 Å². The molecule has 0 amide bonds. The SMILES string of the molecule is Cc1cc(C)c(C(=O)O)c(SC(C)C(C)O)n1. The lowest BCUT2D eigenvalue weighted by molar-refractivity contribution is 0.0691. The van der Waals surface area contributed by atoms with Gasteiger partial charge < -0.3 is 10.2 Å². The Morgan fingerprint density at radius 1 is 1.41 bits per heavy atom. The number of hydrogen-bond donors (Lipinski definition) is 2. The summed E-state index contributed by atoms with van der Waals surface area (Å²) in [5.74, 6) is -0.977. The predicted molar refractivity (Wildman–Crippen MR) is 67.7 cm³/mol. The second-order valence-electron chi connectivity index (χ2n) is 4.13. The van der Waals surface area contributed by atoms with E-state index in [4.69, 9.17) is 0 Å². The fourth-order valence-corrected chi connectivity index (χ4v) is 2.53. The van der Waals surface area contributed by atoms with Crippen LogP contribution >= 0.6 is 11.8 Å². The van der Waals surface area contributed by atoms with Gasteiger partial charge in [0.15, 0.2) is 0 Å². The van der Waals surface area contributed by atoms with Gasteiger partial charge in [0.2, 0.25) is 0 Å². The summed E-state index contributed by atoms with van der Waals surface area (Å²) in [4.78, 5) is 15.4. The average molecular weight is 255 g/mol. The van der Waals surface area contributed by atoms with Crippen molar-refractivity contribution in [3.63, 3.8) is 0 Å². The number of thioether (sulfide) groups is 1. The first-order chi connectivity index (χ1) is 7.82. The molecular weight excluding hydrogens is 238 g/mol. The lowest BCUT2D eigenvalue weighted by Gasteiger charge is -2.16. The number of aryl methyl sites for hydroxylation is 2. The molecule has 0 spiro atoms. The molecule has 1 heterocycles. The van der Waals surface area contributed by atoms with E-state index < -0.39 is 12.1 Å². The highest BCUT2D eigenvalue weighted by Crippen LogP contribution is 2.29. The predicted octanol–water partition coefficient (Wildman–Crippen LogP) is 2.26. The normalized spacial score (nSPS) is 14.4. The van der Waals surface area contributed by atoms with E-state index >= 15 is 0 Å². The maximum Gasteiger partial charge on any atom is 0.338 e. The van der Waals surface area contributed by atoms with Crippen LogP contribution in [0.3, 0.4) is 0 Å². The minimum absolute atomic E-state index is 0.0956. The van der Waals surface area contributed by atoms with Crippen molar-refractivity contribution in [3.05, 3.63) is 22.9 Å². The van der Waals surface area contributed by atoms with E-state index in [2.05, 4.69) is 4.98 Å². The van der Waals surface area contributed by atoms with E-state index in [9.17, 15) is 15.0 Å². The van der Waals surface area contributed by atoms with Gasteiger partial charge in [-0.05, 0) is 32.4 Å². The van der Waals surface area contributed by atoms with Gasteiger partial charge in [0, 0.05) is 10.9 Å². The van der Waals surface area contributed by atoms with Gasteiger partial charge in [-0.1, -0.05) is 18.7 Å². The van der Waals surface area contributed by atoms with Crippen LogP contribution in [0.25, 0.3) is 0 Å². The molecule has 2 unspecified atom stereocenters. The van der Waals surface area contributed by atoms with E-state index in [0.29, 0.717) is 10.6 Å². The van der Waals surface area contributed by atoms with Crippen molar-refractivity contribution in [1.29, 1.82) is 0 Å². The van der Waals surface area contributed by atoms with E-state index in [1.165, 1.54) is 11.8 Å². The van der Waals surface area contributed by atoms with Crippen LogP contribution in [0.5, 0.6) is 0 Å². The summed E-state index contributed by atoms with van der Waals surface area (Å²) in [6.07, 6.45) is -0.510. The number of carboxylic acids is 1. The monoisotopic (exact) mass is 255 g/mol. The summed E-state index contributed by atoms with van der Waals surface area (Å²) >= 11 is 1.29. The largest absolute Gasteiger partial charge is 0.478 e. The first-order valence-electron chi connectivity index (χ1n) is 5.39. The first kappa shape index (κ1) is 14.0. The molecule has 0 aliphatic heterocycles. The Morgan fingerprint density at radius 2 is 2.00 bits per heavy atom. The molecule has 0 radical (unpaired) electrons. The second kappa shape index (κ2) is 5.51. The fraction of sp³-hybridized carbons (Fsp3) is 0.500. The number of nitrogens with zero attached hydrogens (tertiary/aromatic N) is 1. The van der Waals surface area contributed by atoms with Crippen molar-refractivity contribution in [2.75, 3.05) is 0 Å². The molecule has 0 saturated carbocycles. The Bertz CT molecular complexity index is 432. The molecule has 94 valence electrons. The maximum absolute atomic E-state index is 11.2. The molecule has 0 saturated heterocycles. The maximum atomic E-state index is 11.2. The topological polar surface area (TPSA) is 70.4 Å². The number of aromatic carboxylic acids is 1. The van der Waals surface area contributed by atoms with Gasteiger partial charge in [0.05, 0.1) is 11.7 Å². The van der Waals surface area contributed by atoms with Gasteiger partial charge in [0.25, 0.3) is 0 Å². The summed E-state index contributed by atoms with van der Waals surface area (Å²) in [5.41, 5.74) is 1.71. The Morgan fingerprint density at radius 3 is 2.47 bits per heavy atom. The Balaban J connectivity index is 3.17. The minimum atomic E-state index is -0.977. The number of rotatable bonds is 4. The molecule has 0 aromatic carbocycles. The van der Waals surface area contributed by atoms with E-state index in [1.54, 1.807) is 19.9 Å². The third-order valence-corrected chi connectivity index (χ3v) is 3.79. The molecular formula is C12H17NO3S. The van der Waals surface area contributed by atoms with Crippen molar-refractivity contribution in [3.8, 4) is 0 Å². The summed E-state index contributed by atoms with van der Waals surface area (Å²) in [5, 5.41) is 19.0. The van der Waals surface area contributed by atoms with Gasteiger partial charge in [-0.25, -0.2) is 9.78 Å². The quantitative estimate of drug-likeness (QED) is 0.807. The average Bonchev–Trinajstić information content (AvgIpc) is 2.14. The molecule has 5 heteroatoms. The summed E-state index contributed by atoms with van der Waals surface area (Å²) in [7, 11) is 0. The summed E-state index contributed by atoms with van der Waals surface area (Å²) in [6.45, 7) is 7.12. The first-order valence-corrected chi connectivity index (χ1v) is 6.27. The summed E-state index contributed by atoms with van der Waals surface area (Å²) in [6, 6.07) is 1.75. The number of hydrogen-bond acceptors (Lipinski definition) is 4. The molecule has 4 nitrogen and oxygen atoms in total. The van der Waals surface area contributed by atoms with E-state index in [-0.39, 0.29) is 10.8 Å². The fourth-order valence-electron chi connectivity index (χ4n) is 1.42. The van der Waals surface area contributed by atoms with Gasteiger partial charge in [0.1, 0.15) is 5.03 Å². The molecule has 0 aliphatic rings. The molecule has 1 rings (SSSR count). The van der Waals surface area contributed by atoms with Crippen LogP contribution in [0, 0.1) is 13.8 Å². The van der Waals surface area contributed by atoms with Crippen molar-refractivity contribution in [2.24, 2.45) is 0 Å². The second-order valence-corrected chi connectivity index (χ2v) is 5.50. The number of pyridine rings is 1. The lowest BCUT2D eigenvalue weighted by atomic mass is 10.1. The van der Waals surface area contributed by atoms with Crippen molar-refractivity contribution in [2.45, 2.75) is 44.1 Å². The number of aliphatic hydroxyl groups is 1. The van der Waals surface area contributed by atoms with Gasteiger partial charge in [-0.2, -0.15) is 0 Å². The lowest BCUT2D eigenvalue weighted by Crippen LogP contribution is -2.16. The van der Waals surface area contributed by atoms with Crippen LogP contribution in [0.1, 0.15) is 35.5 Å². The van der Waals surface area contributed by atoms with Crippen molar-refractivity contribution in [1.82, 2.24) is 4.98 Å². The van der Waals surface area contributed by atoms with Gasteiger partial charge in [-0.3, -0.25) is 0 Å². The standard InChI is InChI=1S/C12H17NO3S/c1-6-5-7(2)13-11(10(6)12(15)16)17-9(4)8(3)14/h5,8-9,14H,1-4H3,(H,15,16). The molecule has 0 fully saturated rings. The molecule has 2 atom stereocenters. The number of aliphatic hydroxyl groups excluding tert-OH is 1. The molecule has 2 N–H and O–H groups in total. The van der Waals surface area contributed by atoms with Crippen LogP contribution in [0.15, 0.2) is 11.1 Å². The Labute approximate surface area is 105 Å². The molecule has 0 bridgehead atoms. The zero-order valence-corrected chi connectivity index (χ0v) is 11.2. The third kappa shape index (κ3) is 3.44.